The molecule has 0 aliphatic rings. The van der Waals surface area contributed by atoms with Crippen LogP contribution in [-0.2, 0) is 6.54 Å². The summed E-state index contributed by atoms with van der Waals surface area (Å²) in [4.78, 5) is 4.34. The third-order valence-corrected chi connectivity index (χ3v) is 4.61. The van der Waals surface area contributed by atoms with Gasteiger partial charge in [0.2, 0.25) is 0 Å². The van der Waals surface area contributed by atoms with E-state index in [0.717, 1.165) is 6.54 Å². The molecule has 3 heteroatoms. The molecule has 2 aromatic carbocycles. The van der Waals surface area contributed by atoms with E-state index >= 15 is 0 Å². The molecule has 24 heavy (non-hydrogen) atoms. The van der Waals surface area contributed by atoms with E-state index in [4.69, 9.17) is 5.73 Å². The van der Waals surface area contributed by atoms with Crippen LogP contribution in [0.5, 0.6) is 0 Å². The Hall–Kier alpha value is -2.65. The van der Waals surface area contributed by atoms with Gasteiger partial charge in [0.15, 0.2) is 0 Å². The Morgan fingerprint density at radius 3 is 2.62 bits per heavy atom. The Morgan fingerprint density at radius 2 is 1.88 bits per heavy atom. The summed E-state index contributed by atoms with van der Waals surface area (Å²) in [7, 11) is 0. The molecule has 2 heterocycles. The van der Waals surface area contributed by atoms with Crippen LogP contribution in [0.2, 0.25) is 0 Å². The fourth-order valence-electron chi connectivity index (χ4n) is 3.54. The smallest absolute Gasteiger partial charge is 0.0543 e. The van der Waals surface area contributed by atoms with Crippen molar-refractivity contribution < 1.29 is 0 Å². The summed E-state index contributed by atoms with van der Waals surface area (Å²) in [6, 6.07) is 17.1. The van der Waals surface area contributed by atoms with Gasteiger partial charge >= 0.3 is 0 Å². The number of fused-ring (bicyclic) bond motifs is 3. The van der Waals surface area contributed by atoms with Crippen LogP contribution in [0, 0.1) is 6.92 Å². The molecule has 3 nitrogen and oxygen atoms in total. The largest absolute Gasteiger partial charge is 0.336 e. The molecule has 0 unspecified atom stereocenters. The lowest BCUT2D eigenvalue weighted by molar-refractivity contribution is 0.801. The van der Waals surface area contributed by atoms with Gasteiger partial charge in [0.05, 0.1) is 11.0 Å². The highest BCUT2D eigenvalue weighted by atomic mass is 15.0. The predicted octanol–water partition coefficient (Wildman–Crippen LogP) is 4.57. The van der Waals surface area contributed by atoms with Gasteiger partial charge in [-0.25, -0.2) is 0 Å². The molecule has 0 aliphatic carbocycles. The maximum atomic E-state index is 6.30. The maximum Gasteiger partial charge on any atom is 0.0543 e. The molecular weight excluding hydrogens is 294 g/mol. The summed E-state index contributed by atoms with van der Waals surface area (Å²) in [5, 5.41) is 2.43. The van der Waals surface area contributed by atoms with Gasteiger partial charge in [-0.15, -0.1) is 0 Å². The fraction of sp³-hybridized carbons (Fsp3) is 0.190. The molecule has 0 fully saturated rings. The number of rotatable bonds is 3. The topological polar surface area (TPSA) is 43.8 Å². The molecule has 0 amide bonds. The Balaban J connectivity index is 2.08. The highest BCUT2D eigenvalue weighted by Crippen LogP contribution is 2.34. The lowest BCUT2D eigenvalue weighted by atomic mass is 10.0. The van der Waals surface area contributed by atoms with Crippen molar-refractivity contribution in [3.8, 4) is 0 Å². The summed E-state index contributed by atoms with van der Waals surface area (Å²) in [5.74, 6) is 0. The van der Waals surface area contributed by atoms with Crippen LogP contribution in [0.3, 0.4) is 0 Å². The molecule has 2 aromatic heterocycles. The van der Waals surface area contributed by atoms with Gasteiger partial charge in [-0.1, -0.05) is 42.0 Å². The standard InChI is InChI=1S/C21H21N3/c1-14-10-17(15(2)22)21-18(11-14)19-12-23-9-8-20(19)24(21)13-16-6-4-3-5-7-16/h3-12,15H,13,22H2,1-2H3/t15-/m1/s1. The second-order valence-electron chi connectivity index (χ2n) is 6.50. The van der Waals surface area contributed by atoms with Gasteiger partial charge in [0.1, 0.15) is 0 Å². The first-order valence-corrected chi connectivity index (χ1v) is 8.31. The van der Waals surface area contributed by atoms with Crippen molar-refractivity contribution in [3.05, 3.63) is 77.6 Å². The SMILES string of the molecule is Cc1cc([C@@H](C)N)c2c(c1)c1cnccc1n2Cc1ccccc1. The number of hydrogen-bond donors (Lipinski definition) is 1. The van der Waals surface area contributed by atoms with Crippen LogP contribution in [0.4, 0.5) is 0 Å². The molecule has 120 valence electrons. The number of aromatic nitrogens is 2. The summed E-state index contributed by atoms with van der Waals surface area (Å²) >= 11 is 0. The molecular formula is C21H21N3. The molecule has 1 atom stereocenters. The van der Waals surface area contributed by atoms with Crippen molar-refractivity contribution in [1.82, 2.24) is 9.55 Å². The number of aryl methyl sites for hydroxylation is 1. The zero-order chi connectivity index (χ0) is 16.7. The minimum Gasteiger partial charge on any atom is -0.336 e. The first-order valence-electron chi connectivity index (χ1n) is 8.31. The highest BCUT2D eigenvalue weighted by molar-refractivity contribution is 6.09. The Labute approximate surface area is 141 Å². The average Bonchev–Trinajstić information content (AvgIpc) is 2.89. The fourth-order valence-corrected chi connectivity index (χ4v) is 3.54. The minimum atomic E-state index is -0.0146. The lowest BCUT2D eigenvalue weighted by Crippen LogP contribution is -2.09. The Morgan fingerprint density at radius 1 is 1.08 bits per heavy atom. The van der Waals surface area contributed by atoms with Crippen molar-refractivity contribution in [2.75, 3.05) is 0 Å². The van der Waals surface area contributed by atoms with Crippen LogP contribution in [0.25, 0.3) is 21.8 Å². The average molecular weight is 315 g/mol. The second-order valence-corrected chi connectivity index (χ2v) is 6.50. The van der Waals surface area contributed by atoms with Gasteiger partial charge in [-0.05, 0) is 37.1 Å². The van der Waals surface area contributed by atoms with Crippen molar-refractivity contribution >= 4 is 21.8 Å². The normalized spacial score (nSPS) is 12.8. The second kappa shape index (κ2) is 5.77. The highest BCUT2D eigenvalue weighted by Gasteiger charge is 2.16. The Kier molecular flexibility index (Phi) is 3.58. The molecule has 0 spiro atoms. The van der Waals surface area contributed by atoms with Crippen LogP contribution in [-0.4, -0.2) is 9.55 Å². The van der Waals surface area contributed by atoms with E-state index in [0.29, 0.717) is 0 Å². The third kappa shape index (κ3) is 2.38. The van der Waals surface area contributed by atoms with Gasteiger partial charge in [-0.2, -0.15) is 0 Å². The maximum absolute atomic E-state index is 6.30. The van der Waals surface area contributed by atoms with Crippen LogP contribution in [0.15, 0.2) is 60.9 Å². The van der Waals surface area contributed by atoms with Crippen molar-refractivity contribution in [1.29, 1.82) is 0 Å². The molecule has 0 saturated heterocycles. The molecule has 0 aliphatic heterocycles. The quantitative estimate of drug-likeness (QED) is 0.602. The number of pyridine rings is 1. The minimum absolute atomic E-state index is 0.0146. The molecule has 0 bridgehead atoms. The summed E-state index contributed by atoms with van der Waals surface area (Å²) in [6.07, 6.45) is 3.82. The van der Waals surface area contributed by atoms with E-state index in [1.54, 1.807) is 0 Å². The zero-order valence-electron chi connectivity index (χ0n) is 14.0. The summed E-state index contributed by atoms with van der Waals surface area (Å²) < 4.78 is 2.37. The van der Waals surface area contributed by atoms with Gasteiger partial charge in [0.25, 0.3) is 0 Å². The van der Waals surface area contributed by atoms with E-state index in [1.165, 1.54) is 38.5 Å². The third-order valence-electron chi connectivity index (χ3n) is 4.61. The van der Waals surface area contributed by atoms with E-state index in [1.807, 2.05) is 12.4 Å². The monoisotopic (exact) mass is 315 g/mol. The van der Waals surface area contributed by atoms with Gasteiger partial charge < -0.3 is 10.3 Å². The van der Waals surface area contributed by atoms with Crippen LogP contribution in [0.1, 0.15) is 29.7 Å². The first kappa shape index (κ1) is 14.9. The summed E-state index contributed by atoms with van der Waals surface area (Å²) in [5.41, 5.74) is 12.4. The van der Waals surface area contributed by atoms with Crippen molar-refractivity contribution in [2.45, 2.75) is 26.4 Å². The molecule has 0 saturated carbocycles. The molecule has 2 N–H and O–H groups in total. The molecule has 4 aromatic rings. The lowest BCUT2D eigenvalue weighted by Gasteiger charge is -2.14. The van der Waals surface area contributed by atoms with E-state index < -0.39 is 0 Å². The number of benzene rings is 2. The van der Waals surface area contributed by atoms with Gasteiger partial charge in [0, 0.05) is 35.8 Å². The molecule has 0 radical (unpaired) electrons. The predicted molar refractivity (Wildman–Crippen MR) is 100 cm³/mol. The van der Waals surface area contributed by atoms with Gasteiger partial charge in [-0.3, -0.25) is 4.98 Å². The summed E-state index contributed by atoms with van der Waals surface area (Å²) in [6.45, 7) is 5.01. The molecule has 4 rings (SSSR count). The van der Waals surface area contributed by atoms with Crippen molar-refractivity contribution in [2.24, 2.45) is 5.73 Å². The van der Waals surface area contributed by atoms with Crippen molar-refractivity contribution in [3.63, 3.8) is 0 Å². The Bertz CT molecular complexity index is 1010. The van der Waals surface area contributed by atoms with E-state index in [2.05, 4.69) is 71.9 Å². The first-order chi connectivity index (χ1) is 11.6. The van der Waals surface area contributed by atoms with Crippen LogP contribution >= 0.6 is 0 Å². The number of nitrogens with two attached hydrogens (primary N) is 1. The van der Waals surface area contributed by atoms with Crippen LogP contribution < -0.4 is 5.73 Å². The number of nitrogens with zero attached hydrogens (tertiary/aromatic N) is 2. The van der Waals surface area contributed by atoms with E-state index in [-0.39, 0.29) is 6.04 Å². The zero-order valence-corrected chi connectivity index (χ0v) is 14.0. The number of hydrogen-bond acceptors (Lipinski definition) is 2. The van der Waals surface area contributed by atoms with E-state index in [9.17, 15) is 0 Å².